The van der Waals surface area contributed by atoms with Gasteiger partial charge in [-0.3, -0.25) is 10.1 Å². The van der Waals surface area contributed by atoms with Crippen LogP contribution in [0.3, 0.4) is 0 Å². The van der Waals surface area contributed by atoms with E-state index in [0.717, 1.165) is 10.4 Å². The molecular formula is C7H7N3OS. The summed E-state index contributed by atoms with van der Waals surface area (Å²) >= 11 is 1.43. The Hall–Kier alpha value is -1.20. The zero-order chi connectivity index (χ0) is 8.39. The van der Waals surface area contributed by atoms with E-state index in [1.807, 2.05) is 0 Å². The van der Waals surface area contributed by atoms with Crippen molar-refractivity contribution in [3.8, 4) is 0 Å². The van der Waals surface area contributed by atoms with Crippen LogP contribution in [-0.2, 0) is 0 Å². The molecule has 0 fully saturated rings. The third kappa shape index (κ3) is 1.24. The minimum absolute atomic E-state index is 0.601. The van der Waals surface area contributed by atoms with Gasteiger partial charge in [-0.05, 0) is 0 Å². The number of aromatic amines is 1. The monoisotopic (exact) mass is 181 g/mol. The first-order valence-corrected chi connectivity index (χ1v) is 4.31. The van der Waals surface area contributed by atoms with Gasteiger partial charge in [0.25, 0.3) is 0 Å². The quantitative estimate of drug-likeness (QED) is 0.725. The highest BCUT2D eigenvalue weighted by molar-refractivity contribution is 7.09. The number of rotatable bonds is 2. The minimum atomic E-state index is -0.601. The molecule has 2 heterocycles. The van der Waals surface area contributed by atoms with Crippen molar-refractivity contribution in [3.05, 3.63) is 34.5 Å². The molecule has 0 aromatic carbocycles. The maximum Gasteiger partial charge on any atom is 0.118 e. The Labute approximate surface area is 72.9 Å². The number of aliphatic hydroxyl groups excluding tert-OH is 1. The van der Waals surface area contributed by atoms with Crippen LogP contribution in [0.4, 0.5) is 0 Å². The second-order valence-corrected chi connectivity index (χ2v) is 3.26. The molecule has 0 saturated heterocycles. The predicted octanol–water partition coefficient (Wildman–Crippen LogP) is 0.948. The molecule has 1 atom stereocenters. The van der Waals surface area contributed by atoms with Crippen LogP contribution in [0.25, 0.3) is 0 Å². The summed E-state index contributed by atoms with van der Waals surface area (Å²) in [4.78, 5) is 4.71. The first-order valence-electron chi connectivity index (χ1n) is 3.43. The summed E-state index contributed by atoms with van der Waals surface area (Å²) in [7, 11) is 0. The van der Waals surface area contributed by atoms with E-state index in [0.29, 0.717) is 0 Å². The molecule has 0 amide bonds. The molecule has 0 bridgehead atoms. The molecule has 0 radical (unpaired) electrons. The molecule has 0 aliphatic carbocycles. The van der Waals surface area contributed by atoms with E-state index < -0.39 is 6.10 Å². The lowest BCUT2D eigenvalue weighted by Gasteiger charge is -2.02. The van der Waals surface area contributed by atoms with Gasteiger partial charge in [-0.25, -0.2) is 0 Å². The third-order valence-corrected chi connectivity index (χ3v) is 2.38. The molecule has 12 heavy (non-hydrogen) atoms. The van der Waals surface area contributed by atoms with Gasteiger partial charge >= 0.3 is 0 Å². The summed E-state index contributed by atoms with van der Waals surface area (Å²) in [6, 6.07) is 0. The molecule has 62 valence electrons. The third-order valence-electron chi connectivity index (χ3n) is 1.56. The number of aromatic nitrogens is 3. The first-order chi connectivity index (χ1) is 5.88. The van der Waals surface area contributed by atoms with Crippen molar-refractivity contribution in [2.24, 2.45) is 0 Å². The van der Waals surface area contributed by atoms with Crippen LogP contribution in [0.2, 0.25) is 0 Å². The molecule has 2 N–H and O–H groups in total. The first kappa shape index (κ1) is 7.45. The number of thiazole rings is 1. The van der Waals surface area contributed by atoms with Gasteiger partial charge in [0, 0.05) is 18.0 Å². The minimum Gasteiger partial charge on any atom is -0.383 e. The fourth-order valence-corrected chi connectivity index (χ4v) is 1.57. The van der Waals surface area contributed by atoms with E-state index in [9.17, 15) is 5.11 Å². The van der Waals surface area contributed by atoms with Gasteiger partial charge in [0.15, 0.2) is 0 Å². The molecule has 2 aromatic rings. The van der Waals surface area contributed by atoms with E-state index >= 15 is 0 Å². The van der Waals surface area contributed by atoms with Gasteiger partial charge in [-0.15, -0.1) is 11.3 Å². The molecule has 2 rings (SSSR count). The highest BCUT2D eigenvalue weighted by Crippen LogP contribution is 2.23. The van der Waals surface area contributed by atoms with Crippen molar-refractivity contribution >= 4 is 11.3 Å². The largest absolute Gasteiger partial charge is 0.383 e. The summed E-state index contributed by atoms with van der Waals surface area (Å²) < 4.78 is 0. The van der Waals surface area contributed by atoms with Crippen molar-refractivity contribution in [2.45, 2.75) is 6.10 Å². The Bertz CT molecular complexity index is 295. The average Bonchev–Trinajstić information content (AvgIpc) is 2.77. The maximum absolute atomic E-state index is 9.68. The molecule has 0 aliphatic heterocycles. The van der Waals surface area contributed by atoms with Crippen molar-refractivity contribution < 1.29 is 5.11 Å². The molecule has 0 aliphatic rings. The topological polar surface area (TPSA) is 61.8 Å². The van der Waals surface area contributed by atoms with Crippen molar-refractivity contribution in [1.82, 2.24) is 15.2 Å². The Morgan fingerprint density at radius 2 is 2.42 bits per heavy atom. The lowest BCUT2D eigenvalue weighted by Crippen LogP contribution is -1.94. The standard InChI is InChI=1S/C7H7N3OS/c11-7(5-1-9-10-2-5)6-3-8-4-12-6/h1-4,7,11H,(H,9,10). The summed E-state index contributed by atoms with van der Waals surface area (Å²) in [6.07, 6.45) is 4.33. The maximum atomic E-state index is 9.68. The Morgan fingerprint density at radius 3 is 3.00 bits per heavy atom. The van der Waals surface area contributed by atoms with Gasteiger partial charge in [-0.1, -0.05) is 0 Å². The van der Waals surface area contributed by atoms with E-state index in [4.69, 9.17) is 0 Å². The van der Waals surface area contributed by atoms with Crippen LogP contribution >= 0.6 is 11.3 Å². The van der Waals surface area contributed by atoms with Crippen LogP contribution in [0.1, 0.15) is 16.5 Å². The Morgan fingerprint density at radius 1 is 1.50 bits per heavy atom. The van der Waals surface area contributed by atoms with E-state index in [2.05, 4.69) is 15.2 Å². The molecule has 0 spiro atoms. The summed E-state index contributed by atoms with van der Waals surface area (Å²) in [6.45, 7) is 0. The van der Waals surface area contributed by atoms with Crippen molar-refractivity contribution in [3.63, 3.8) is 0 Å². The number of hydrogen-bond donors (Lipinski definition) is 2. The van der Waals surface area contributed by atoms with Gasteiger partial charge in [-0.2, -0.15) is 5.10 Å². The average molecular weight is 181 g/mol. The molecule has 0 saturated carbocycles. The lowest BCUT2D eigenvalue weighted by molar-refractivity contribution is 0.224. The molecule has 2 aromatic heterocycles. The normalized spacial score (nSPS) is 13.1. The fourth-order valence-electron chi connectivity index (χ4n) is 0.935. The molecule has 5 heteroatoms. The lowest BCUT2D eigenvalue weighted by atomic mass is 10.2. The van der Waals surface area contributed by atoms with Crippen LogP contribution in [0.15, 0.2) is 24.1 Å². The zero-order valence-electron chi connectivity index (χ0n) is 6.14. The van der Waals surface area contributed by atoms with E-state index in [-0.39, 0.29) is 0 Å². The highest BCUT2D eigenvalue weighted by atomic mass is 32.1. The zero-order valence-corrected chi connectivity index (χ0v) is 6.95. The van der Waals surface area contributed by atoms with Gasteiger partial charge in [0.1, 0.15) is 6.10 Å². The number of aliphatic hydroxyl groups is 1. The summed E-state index contributed by atoms with van der Waals surface area (Å²) in [5.41, 5.74) is 2.46. The number of H-pyrrole nitrogens is 1. The molecule has 4 nitrogen and oxygen atoms in total. The van der Waals surface area contributed by atoms with E-state index in [1.165, 1.54) is 11.3 Å². The van der Waals surface area contributed by atoms with Crippen molar-refractivity contribution in [2.75, 3.05) is 0 Å². The Kier molecular flexibility index (Phi) is 1.89. The second-order valence-electron chi connectivity index (χ2n) is 2.34. The van der Waals surface area contributed by atoms with Gasteiger partial charge in [0.2, 0.25) is 0 Å². The van der Waals surface area contributed by atoms with Gasteiger partial charge in [0.05, 0.1) is 16.6 Å². The molecular weight excluding hydrogens is 174 g/mol. The predicted molar refractivity (Wildman–Crippen MR) is 44.8 cm³/mol. The number of nitrogens with zero attached hydrogens (tertiary/aromatic N) is 2. The van der Waals surface area contributed by atoms with Crippen LogP contribution in [-0.4, -0.2) is 20.3 Å². The van der Waals surface area contributed by atoms with Crippen molar-refractivity contribution in [1.29, 1.82) is 0 Å². The Balaban J connectivity index is 2.27. The smallest absolute Gasteiger partial charge is 0.118 e. The second kappa shape index (κ2) is 3.04. The van der Waals surface area contributed by atoms with Crippen LogP contribution in [0.5, 0.6) is 0 Å². The van der Waals surface area contributed by atoms with Crippen LogP contribution in [0, 0.1) is 0 Å². The summed E-state index contributed by atoms with van der Waals surface area (Å²) in [5.74, 6) is 0. The molecule has 1 unspecified atom stereocenters. The van der Waals surface area contributed by atoms with E-state index in [1.54, 1.807) is 24.1 Å². The fraction of sp³-hybridized carbons (Fsp3) is 0.143. The SMILES string of the molecule is OC(c1cn[nH]c1)c1cncs1. The summed E-state index contributed by atoms with van der Waals surface area (Å²) in [5, 5.41) is 16.1. The van der Waals surface area contributed by atoms with Crippen LogP contribution < -0.4 is 0 Å². The van der Waals surface area contributed by atoms with Gasteiger partial charge < -0.3 is 5.11 Å². The highest BCUT2D eigenvalue weighted by Gasteiger charge is 2.11. The number of nitrogens with one attached hydrogen (secondary N) is 1. The number of hydrogen-bond acceptors (Lipinski definition) is 4.